The first-order valence-electron chi connectivity index (χ1n) is 5.70. The van der Waals surface area contributed by atoms with Crippen molar-refractivity contribution in [3.8, 4) is 5.75 Å². The Hall–Kier alpha value is -1.82. The second kappa shape index (κ2) is 5.05. The lowest BCUT2D eigenvalue weighted by Gasteiger charge is -2.14. The van der Waals surface area contributed by atoms with E-state index < -0.39 is 10.9 Å². The number of ether oxygens (including phenoxy) is 1. The van der Waals surface area contributed by atoms with Crippen molar-refractivity contribution < 1.29 is 19.6 Å². The Kier molecular flexibility index (Phi) is 3.61. The number of carboxylic acid groups (broad SMARTS) is 1. The third-order valence-corrected chi connectivity index (χ3v) is 3.46. The molecule has 1 fully saturated rings. The minimum absolute atomic E-state index is 0.0412. The number of rotatable bonds is 6. The van der Waals surface area contributed by atoms with E-state index in [4.69, 9.17) is 21.4 Å². The molecule has 1 aliphatic carbocycles. The van der Waals surface area contributed by atoms with E-state index in [9.17, 15) is 14.9 Å². The number of non-ortho nitro benzene ring substituents is 1. The monoisotopic (exact) mass is 285 g/mol. The zero-order chi connectivity index (χ0) is 14.0. The van der Waals surface area contributed by atoms with Crippen molar-refractivity contribution in [1.82, 2.24) is 0 Å². The number of hydrogen-bond acceptors (Lipinski definition) is 4. The predicted octanol–water partition coefficient (Wildman–Crippen LogP) is 2.88. The summed E-state index contributed by atoms with van der Waals surface area (Å²) < 4.78 is 5.46. The summed E-state index contributed by atoms with van der Waals surface area (Å²) >= 11 is 5.89. The first-order valence-corrected chi connectivity index (χ1v) is 6.08. The summed E-state index contributed by atoms with van der Waals surface area (Å²) in [5.74, 6) is -0.654. The van der Waals surface area contributed by atoms with E-state index in [0.29, 0.717) is 0 Å². The van der Waals surface area contributed by atoms with Gasteiger partial charge in [-0.1, -0.05) is 11.6 Å². The molecule has 1 N–H and O–H groups in total. The number of aliphatic carboxylic acids is 1. The van der Waals surface area contributed by atoms with Crippen LogP contribution in [0.15, 0.2) is 18.2 Å². The zero-order valence-electron chi connectivity index (χ0n) is 9.97. The van der Waals surface area contributed by atoms with E-state index in [-0.39, 0.29) is 34.9 Å². The highest BCUT2D eigenvalue weighted by molar-refractivity contribution is 6.32. The van der Waals surface area contributed by atoms with Crippen LogP contribution in [0.1, 0.15) is 19.3 Å². The molecule has 1 aromatic rings. The van der Waals surface area contributed by atoms with Crippen LogP contribution in [0.2, 0.25) is 5.02 Å². The van der Waals surface area contributed by atoms with Crippen LogP contribution in [0.5, 0.6) is 5.75 Å². The maximum Gasteiger partial charge on any atom is 0.304 e. The van der Waals surface area contributed by atoms with Crippen molar-refractivity contribution in [2.75, 3.05) is 6.61 Å². The van der Waals surface area contributed by atoms with Crippen molar-refractivity contribution in [1.29, 1.82) is 0 Å². The van der Waals surface area contributed by atoms with Crippen LogP contribution in [0.4, 0.5) is 5.69 Å². The van der Waals surface area contributed by atoms with Gasteiger partial charge in [0.25, 0.3) is 5.69 Å². The number of nitrogens with zero attached hydrogens (tertiary/aromatic N) is 1. The maximum absolute atomic E-state index is 10.7. The van der Waals surface area contributed by atoms with E-state index in [1.54, 1.807) is 0 Å². The molecule has 0 radical (unpaired) electrons. The lowest BCUT2D eigenvalue weighted by atomic mass is 10.0. The largest absolute Gasteiger partial charge is 0.491 e. The maximum atomic E-state index is 10.7. The topological polar surface area (TPSA) is 89.7 Å². The molecule has 0 spiro atoms. The summed E-state index contributed by atoms with van der Waals surface area (Å²) in [6, 6.07) is 3.93. The Labute approximate surface area is 114 Å². The second-order valence-corrected chi connectivity index (χ2v) is 5.14. The average Bonchev–Trinajstić information content (AvgIpc) is 3.07. The highest BCUT2D eigenvalue weighted by Gasteiger charge is 2.45. The van der Waals surface area contributed by atoms with E-state index in [2.05, 4.69) is 0 Å². The summed E-state index contributed by atoms with van der Waals surface area (Å²) in [6.45, 7) is 0.209. The van der Waals surface area contributed by atoms with Crippen LogP contribution >= 0.6 is 11.6 Å². The summed E-state index contributed by atoms with van der Waals surface area (Å²) in [5.41, 5.74) is -0.456. The van der Waals surface area contributed by atoms with Crippen LogP contribution in [-0.2, 0) is 4.79 Å². The number of halogens is 1. The van der Waals surface area contributed by atoms with Crippen LogP contribution < -0.4 is 4.74 Å². The Morgan fingerprint density at radius 3 is 2.74 bits per heavy atom. The van der Waals surface area contributed by atoms with Gasteiger partial charge in [-0.3, -0.25) is 14.9 Å². The van der Waals surface area contributed by atoms with Crippen LogP contribution in [-0.4, -0.2) is 22.6 Å². The minimum atomic E-state index is -0.869. The molecule has 0 heterocycles. The predicted molar refractivity (Wildman–Crippen MR) is 67.5 cm³/mol. The summed E-state index contributed by atoms with van der Waals surface area (Å²) in [5, 5.41) is 19.7. The average molecular weight is 286 g/mol. The molecule has 0 saturated heterocycles. The van der Waals surface area contributed by atoms with Gasteiger partial charge in [-0.15, -0.1) is 0 Å². The molecular formula is C12H12ClNO5. The molecular weight excluding hydrogens is 274 g/mol. The quantitative estimate of drug-likeness (QED) is 0.641. The molecule has 0 amide bonds. The van der Waals surface area contributed by atoms with Gasteiger partial charge in [-0.25, -0.2) is 0 Å². The van der Waals surface area contributed by atoms with Gasteiger partial charge in [-0.2, -0.15) is 0 Å². The Balaban J connectivity index is 2.05. The van der Waals surface area contributed by atoms with E-state index in [0.717, 1.165) is 12.8 Å². The number of hydrogen-bond donors (Lipinski definition) is 1. The standard InChI is InChI=1S/C12H12ClNO5/c13-9-2-1-8(14(17)18)5-10(9)19-7-12(3-4-12)6-11(15)16/h1-2,5H,3-4,6-7H2,(H,15,16). The van der Waals surface area contributed by atoms with Crippen molar-refractivity contribution in [2.24, 2.45) is 5.41 Å². The molecule has 6 nitrogen and oxygen atoms in total. The third kappa shape index (κ3) is 3.35. The van der Waals surface area contributed by atoms with Gasteiger partial charge in [0.1, 0.15) is 5.75 Å². The summed E-state index contributed by atoms with van der Waals surface area (Å²) in [7, 11) is 0. The molecule has 0 aromatic heterocycles. The SMILES string of the molecule is O=C(O)CC1(COc2cc([N+](=O)[O-])ccc2Cl)CC1. The van der Waals surface area contributed by atoms with Crippen molar-refractivity contribution in [2.45, 2.75) is 19.3 Å². The summed E-state index contributed by atoms with van der Waals surface area (Å²) in [4.78, 5) is 20.8. The Morgan fingerprint density at radius 2 is 2.21 bits per heavy atom. The minimum Gasteiger partial charge on any atom is -0.491 e. The number of nitro groups is 1. The normalized spacial score (nSPS) is 15.8. The highest BCUT2D eigenvalue weighted by atomic mass is 35.5. The Morgan fingerprint density at radius 1 is 1.53 bits per heavy atom. The molecule has 1 aromatic carbocycles. The molecule has 0 atom stereocenters. The van der Waals surface area contributed by atoms with E-state index in [1.807, 2.05) is 0 Å². The van der Waals surface area contributed by atoms with Gasteiger partial charge in [0.05, 0.1) is 29.0 Å². The van der Waals surface area contributed by atoms with Crippen LogP contribution in [0, 0.1) is 15.5 Å². The van der Waals surface area contributed by atoms with Gasteiger partial charge in [0, 0.05) is 11.5 Å². The number of nitro benzene ring substituents is 1. The lowest BCUT2D eigenvalue weighted by Crippen LogP contribution is -2.17. The second-order valence-electron chi connectivity index (χ2n) is 4.73. The molecule has 1 aliphatic rings. The fourth-order valence-electron chi connectivity index (χ4n) is 1.82. The highest BCUT2D eigenvalue weighted by Crippen LogP contribution is 2.49. The van der Waals surface area contributed by atoms with Gasteiger partial charge in [-0.05, 0) is 18.9 Å². The first kappa shape index (κ1) is 13.6. The van der Waals surface area contributed by atoms with Crippen molar-refractivity contribution >= 4 is 23.3 Å². The zero-order valence-corrected chi connectivity index (χ0v) is 10.7. The number of carbonyl (C=O) groups is 1. The molecule has 1 saturated carbocycles. The third-order valence-electron chi connectivity index (χ3n) is 3.14. The molecule has 19 heavy (non-hydrogen) atoms. The van der Waals surface area contributed by atoms with Crippen LogP contribution in [0.25, 0.3) is 0 Å². The molecule has 0 unspecified atom stereocenters. The number of benzene rings is 1. The van der Waals surface area contributed by atoms with E-state index >= 15 is 0 Å². The molecule has 2 rings (SSSR count). The summed E-state index contributed by atoms with van der Waals surface area (Å²) in [6.07, 6.45) is 1.61. The molecule has 0 bridgehead atoms. The smallest absolute Gasteiger partial charge is 0.304 e. The Bertz CT molecular complexity index is 527. The van der Waals surface area contributed by atoms with Crippen molar-refractivity contribution in [3.05, 3.63) is 33.3 Å². The van der Waals surface area contributed by atoms with E-state index in [1.165, 1.54) is 18.2 Å². The van der Waals surface area contributed by atoms with Gasteiger partial charge in [0.2, 0.25) is 0 Å². The lowest BCUT2D eigenvalue weighted by molar-refractivity contribution is -0.384. The molecule has 0 aliphatic heterocycles. The fraction of sp³-hybridized carbons (Fsp3) is 0.417. The first-order chi connectivity index (χ1) is 8.92. The molecule has 7 heteroatoms. The van der Waals surface area contributed by atoms with Gasteiger partial charge in [0.15, 0.2) is 0 Å². The van der Waals surface area contributed by atoms with Gasteiger partial charge >= 0.3 is 5.97 Å². The van der Waals surface area contributed by atoms with Crippen molar-refractivity contribution in [3.63, 3.8) is 0 Å². The number of carboxylic acids is 1. The van der Waals surface area contributed by atoms with Gasteiger partial charge < -0.3 is 9.84 Å². The molecule has 102 valence electrons. The fourth-order valence-corrected chi connectivity index (χ4v) is 1.99. The van der Waals surface area contributed by atoms with Crippen LogP contribution in [0.3, 0.4) is 0 Å².